The highest BCUT2D eigenvalue weighted by atomic mass is 32.2. The molecule has 0 saturated heterocycles. The van der Waals surface area contributed by atoms with E-state index in [1.165, 1.54) is 19.2 Å². The molecule has 3 aromatic carbocycles. The van der Waals surface area contributed by atoms with E-state index in [9.17, 15) is 13.2 Å². The van der Waals surface area contributed by atoms with Crippen LogP contribution >= 0.6 is 0 Å². The normalized spacial score (nSPS) is 11.0. The second-order valence-corrected chi connectivity index (χ2v) is 8.78. The largest absolute Gasteiger partial charge is 0.495 e. The number of para-hydroxylation sites is 2. The van der Waals surface area contributed by atoms with Gasteiger partial charge in [0.25, 0.3) is 10.0 Å². The van der Waals surface area contributed by atoms with Crippen LogP contribution in [0.25, 0.3) is 0 Å². The second kappa shape index (κ2) is 9.00. The van der Waals surface area contributed by atoms with E-state index >= 15 is 0 Å². The third kappa shape index (κ3) is 4.80. The number of nitrogens with one attached hydrogen (secondary N) is 1. The van der Waals surface area contributed by atoms with Crippen LogP contribution in [-0.2, 0) is 14.8 Å². The Kier molecular flexibility index (Phi) is 6.42. The van der Waals surface area contributed by atoms with Gasteiger partial charge in [-0.15, -0.1) is 0 Å². The number of ether oxygens (including phenoxy) is 1. The van der Waals surface area contributed by atoms with Crippen molar-refractivity contribution in [3.05, 3.63) is 83.9 Å². The van der Waals surface area contributed by atoms with E-state index in [0.717, 1.165) is 15.4 Å². The standard InChI is InChI=1S/C23H24N2O4S/c1-17-13-18(2)15-19(14-17)24-23(26)16-25(21-11-7-8-12-22(21)29-3)30(27,28)20-9-5-4-6-10-20/h4-15H,16H2,1-3H3,(H,24,26). The lowest BCUT2D eigenvalue weighted by molar-refractivity contribution is -0.114. The van der Waals surface area contributed by atoms with Crippen molar-refractivity contribution in [2.45, 2.75) is 18.7 Å². The lowest BCUT2D eigenvalue weighted by Crippen LogP contribution is -2.38. The molecular weight excluding hydrogens is 400 g/mol. The summed E-state index contributed by atoms with van der Waals surface area (Å²) in [6.07, 6.45) is 0. The Balaban J connectivity index is 1.98. The first kappa shape index (κ1) is 21.4. The minimum atomic E-state index is -4.00. The molecule has 3 rings (SSSR count). The van der Waals surface area contributed by atoms with E-state index in [-0.39, 0.29) is 4.90 Å². The molecule has 0 aliphatic carbocycles. The van der Waals surface area contributed by atoms with Gasteiger partial charge in [0.2, 0.25) is 5.91 Å². The van der Waals surface area contributed by atoms with Crippen molar-refractivity contribution < 1.29 is 17.9 Å². The van der Waals surface area contributed by atoms with E-state index < -0.39 is 22.5 Å². The summed E-state index contributed by atoms with van der Waals surface area (Å²) in [7, 11) is -2.54. The lowest BCUT2D eigenvalue weighted by atomic mass is 10.1. The number of methoxy groups -OCH3 is 1. The van der Waals surface area contributed by atoms with E-state index in [1.807, 2.05) is 32.0 Å². The average Bonchev–Trinajstić information content (AvgIpc) is 2.72. The number of carbonyl (C=O) groups excluding carboxylic acids is 1. The van der Waals surface area contributed by atoms with Crippen LogP contribution in [0.15, 0.2) is 77.7 Å². The molecule has 0 bridgehead atoms. The molecule has 0 spiro atoms. The fourth-order valence-electron chi connectivity index (χ4n) is 3.23. The van der Waals surface area contributed by atoms with Crippen LogP contribution in [0.1, 0.15) is 11.1 Å². The Morgan fingerprint density at radius 2 is 1.53 bits per heavy atom. The zero-order chi connectivity index (χ0) is 21.7. The summed E-state index contributed by atoms with van der Waals surface area (Å²) in [5, 5.41) is 2.80. The number of nitrogens with zero attached hydrogens (tertiary/aromatic N) is 1. The number of hydrogen-bond acceptors (Lipinski definition) is 4. The Morgan fingerprint density at radius 1 is 0.933 bits per heavy atom. The minimum absolute atomic E-state index is 0.0927. The van der Waals surface area contributed by atoms with Crippen molar-refractivity contribution in [3.63, 3.8) is 0 Å². The van der Waals surface area contributed by atoms with Gasteiger partial charge < -0.3 is 10.1 Å². The van der Waals surface area contributed by atoms with Crippen molar-refractivity contribution in [2.75, 3.05) is 23.3 Å². The highest BCUT2D eigenvalue weighted by Crippen LogP contribution is 2.32. The average molecular weight is 425 g/mol. The first-order valence-corrected chi connectivity index (χ1v) is 10.8. The van der Waals surface area contributed by atoms with Crippen LogP contribution in [0.2, 0.25) is 0 Å². The molecule has 6 nitrogen and oxygen atoms in total. The van der Waals surface area contributed by atoms with Crippen LogP contribution in [0, 0.1) is 13.8 Å². The van der Waals surface area contributed by atoms with Gasteiger partial charge in [-0.2, -0.15) is 0 Å². The maximum atomic E-state index is 13.4. The van der Waals surface area contributed by atoms with Crippen molar-refractivity contribution in [1.82, 2.24) is 0 Å². The molecule has 0 fully saturated rings. The zero-order valence-electron chi connectivity index (χ0n) is 17.1. The van der Waals surface area contributed by atoms with Crippen LogP contribution in [0.4, 0.5) is 11.4 Å². The number of benzene rings is 3. The quantitative estimate of drug-likeness (QED) is 0.618. The van der Waals surface area contributed by atoms with Gasteiger partial charge in [0.05, 0.1) is 17.7 Å². The SMILES string of the molecule is COc1ccccc1N(CC(=O)Nc1cc(C)cc(C)c1)S(=O)(=O)c1ccccc1. The van der Waals surface area contributed by atoms with Gasteiger partial charge in [0.15, 0.2) is 0 Å². The molecule has 0 aliphatic rings. The predicted molar refractivity (Wildman–Crippen MR) is 119 cm³/mol. The summed E-state index contributed by atoms with van der Waals surface area (Å²) in [6, 6.07) is 20.4. The Bertz CT molecular complexity index is 1120. The third-order valence-corrected chi connectivity index (χ3v) is 6.25. The summed E-state index contributed by atoms with van der Waals surface area (Å²) >= 11 is 0. The van der Waals surface area contributed by atoms with Crippen molar-refractivity contribution >= 4 is 27.3 Å². The molecule has 0 radical (unpaired) electrons. The molecule has 1 amide bonds. The highest BCUT2D eigenvalue weighted by molar-refractivity contribution is 7.92. The Labute approximate surface area is 177 Å². The van der Waals surface area contributed by atoms with Crippen molar-refractivity contribution in [3.8, 4) is 5.75 Å². The first-order valence-electron chi connectivity index (χ1n) is 9.40. The zero-order valence-corrected chi connectivity index (χ0v) is 17.9. The fourth-order valence-corrected chi connectivity index (χ4v) is 4.69. The lowest BCUT2D eigenvalue weighted by Gasteiger charge is -2.25. The first-order chi connectivity index (χ1) is 14.3. The topological polar surface area (TPSA) is 75.7 Å². The van der Waals surface area contributed by atoms with Gasteiger partial charge in [0, 0.05) is 5.69 Å². The van der Waals surface area contributed by atoms with Crippen LogP contribution < -0.4 is 14.4 Å². The fraction of sp³-hybridized carbons (Fsp3) is 0.174. The maximum Gasteiger partial charge on any atom is 0.264 e. The third-order valence-electron chi connectivity index (χ3n) is 4.48. The Morgan fingerprint density at radius 3 is 2.17 bits per heavy atom. The predicted octanol–water partition coefficient (Wildman–Crippen LogP) is 4.15. The van der Waals surface area contributed by atoms with Gasteiger partial charge >= 0.3 is 0 Å². The molecule has 30 heavy (non-hydrogen) atoms. The summed E-state index contributed by atoms with van der Waals surface area (Å²) in [5.74, 6) is -0.0957. The number of hydrogen-bond donors (Lipinski definition) is 1. The molecule has 0 aromatic heterocycles. The van der Waals surface area contributed by atoms with Crippen molar-refractivity contribution in [1.29, 1.82) is 0 Å². The molecule has 7 heteroatoms. The number of anilines is 2. The number of amides is 1. The number of sulfonamides is 1. The van der Waals surface area contributed by atoms with E-state index in [0.29, 0.717) is 17.1 Å². The van der Waals surface area contributed by atoms with Gasteiger partial charge in [-0.1, -0.05) is 36.4 Å². The molecule has 0 atom stereocenters. The molecule has 0 aliphatic heterocycles. The summed E-state index contributed by atoms with van der Waals surface area (Å²) < 4.78 is 33.2. The monoisotopic (exact) mass is 424 g/mol. The number of aryl methyl sites for hydroxylation is 2. The van der Waals surface area contributed by atoms with Gasteiger partial charge in [-0.3, -0.25) is 9.10 Å². The van der Waals surface area contributed by atoms with Gasteiger partial charge in [-0.25, -0.2) is 8.42 Å². The van der Waals surface area contributed by atoms with E-state index in [1.54, 1.807) is 42.5 Å². The second-order valence-electron chi connectivity index (χ2n) is 6.92. The van der Waals surface area contributed by atoms with Crippen molar-refractivity contribution in [2.24, 2.45) is 0 Å². The van der Waals surface area contributed by atoms with Gasteiger partial charge in [0.1, 0.15) is 12.3 Å². The van der Waals surface area contributed by atoms with Gasteiger partial charge in [-0.05, 0) is 61.4 Å². The summed E-state index contributed by atoms with van der Waals surface area (Å²) in [5.41, 5.74) is 2.92. The smallest absolute Gasteiger partial charge is 0.264 e. The molecule has 0 unspecified atom stereocenters. The molecule has 1 N–H and O–H groups in total. The van der Waals surface area contributed by atoms with Crippen LogP contribution in [-0.4, -0.2) is 28.0 Å². The molecule has 0 heterocycles. The molecule has 0 saturated carbocycles. The maximum absolute atomic E-state index is 13.4. The summed E-state index contributed by atoms with van der Waals surface area (Å²) in [6.45, 7) is 3.47. The number of carbonyl (C=O) groups is 1. The molecule has 3 aromatic rings. The van der Waals surface area contributed by atoms with Crippen LogP contribution in [0.5, 0.6) is 5.75 Å². The highest BCUT2D eigenvalue weighted by Gasteiger charge is 2.29. The van der Waals surface area contributed by atoms with E-state index in [2.05, 4.69) is 5.32 Å². The van der Waals surface area contributed by atoms with E-state index in [4.69, 9.17) is 4.74 Å². The Hall–Kier alpha value is -3.32. The summed E-state index contributed by atoms with van der Waals surface area (Å²) in [4.78, 5) is 12.9. The molecule has 156 valence electrons. The molecular formula is C23H24N2O4S. The van der Waals surface area contributed by atoms with Crippen LogP contribution in [0.3, 0.4) is 0 Å². The number of rotatable bonds is 7. The minimum Gasteiger partial charge on any atom is -0.495 e.